The van der Waals surface area contributed by atoms with Crippen molar-refractivity contribution < 1.29 is 9.90 Å². The molecule has 1 heterocycles. The van der Waals surface area contributed by atoms with Crippen molar-refractivity contribution in [3.05, 3.63) is 41.7 Å². The standard InChI is InChI=1S/C15H19N3O2/c1-10(2)14-13(15(19)20)9-16-18(14)12-7-5-11(6-8-12)17(3)4/h5-10H,1-4H3,(H,19,20). The van der Waals surface area contributed by atoms with Gasteiger partial charge in [-0.25, -0.2) is 9.48 Å². The molecule has 0 aliphatic heterocycles. The van der Waals surface area contributed by atoms with Crippen LogP contribution in [0.2, 0.25) is 0 Å². The lowest BCUT2D eigenvalue weighted by atomic mass is 10.1. The maximum atomic E-state index is 11.3. The summed E-state index contributed by atoms with van der Waals surface area (Å²) in [4.78, 5) is 13.3. The molecular formula is C15H19N3O2. The van der Waals surface area contributed by atoms with Gasteiger partial charge in [0, 0.05) is 19.8 Å². The van der Waals surface area contributed by atoms with E-state index in [9.17, 15) is 9.90 Å². The van der Waals surface area contributed by atoms with E-state index in [0.717, 1.165) is 17.1 Å². The van der Waals surface area contributed by atoms with Gasteiger partial charge in [0.15, 0.2) is 0 Å². The molecule has 5 heteroatoms. The highest BCUT2D eigenvalue weighted by Crippen LogP contribution is 2.24. The molecule has 0 spiro atoms. The van der Waals surface area contributed by atoms with Gasteiger partial charge in [0.05, 0.1) is 17.6 Å². The number of rotatable bonds is 4. The SMILES string of the molecule is CC(C)c1c(C(=O)O)cnn1-c1ccc(N(C)C)cc1. The van der Waals surface area contributed by atoms with E-state index < -0.39 is 5.97 Å². The predicted molar refractivity (Wildman–Crippen MR) is 78.9 cm³/mol. The van der Waals surface area contributed by atoms with Gasteiger partial charge in [-0.2, -0.15) is 5.10 Å². The maximum absolute atomic E-state index is 11.3. The van der Waals surface area contributed by atoms with Crippen molar-refractivity contribution in [1.29, 1.82) is 0 Å². The van der Waals surface area contributed by atoms with E-state index in [1.54, 1.807) is 4.68 Å². The van der Waals surface area contributed by atoms with Crippen LogP contribution in [-0.2, 0) is 0 Å². The van der Waals surface area contributed by atoms with Gasteiger partial charge in [0.25, 0.3) is 0 Å². The fraction of sp³-hybridized carbons (Fsp3) is 0.333. The molecule has 0 bridgehead atoms. The molecule has 2 aromatic rings. The highest BCUT2D eigenvalue weighted by molar-refractivity contribution is 5.89. The number of aromatic nitrogens is 2. The lowest BCUT2D eigenvalue weighted by molar-refractivity contribution is 0.0695. The fourth-order valence-electron chi connectivity index (χ4n) is 2.18. The Morgan fingerprint density at radius 3 is 2.30 bits per heavy atom. The molecule has 0 aliphatic carbocycles. The first-order valence-corrected chi connectivity index (χ1v) is 6.50. The largest absolute Gasteiger partial charge is 0.478 e. The summed E-state index contributed by atoms with van der Waals surface area (Å²) >= 11 is 0. The van der Waals surface area contributed by atoms with Crippen molar-refractivity contribution in [3.8, 4) is 5.69 Å². The lowest BCUT2D eigenvalue weighted by Crippen LogP contribution is -2.10. The Kier molecular flexibility index (Phi) is 3.79. The summed E-state index contributed by atoms with van der Waals surface area (Å²) in [5.74, 6) is -0.859. The molecule has 0 saturated heterocycles. The first-order chi connectivity index (χ1) is 9.41. The number of nitrogens with zero attached hydrogens (tertiary/aromatic N) is 3. The minimum absolute atomic E-state index is 0.0807. The highest BCUT2D eigenvalue weighted by atomic mass is 16.4. The van der Waals surface area contributed by atoms with E-state index in [2.05, 4.69) is 5.10 Å². The highest BCUT2D eigenvalue weighted by Gasteiger charge is 2.20. The fourth-order valence-corrected chi connectivity index (χ4v) is 2.18. The summed E-state index contributed by atoms with van der Waals surface area (Å²) in [6.45, 7) is 3.93. The summed E-state index contributed by atoms with van der Waals surface area (Å²) in [6.07, 6.45) is 1.41. The molecule has 0 amide bonds. The third kappa shape index (κ3) is 2.52. The summed E-state index contributed by atoms with van der Waals surface area (Å²) in [5, 5.41) is 13.5. The van der Waals surface area contributed by atoms with Crippen LogP contribution in [0.3, 0.4) is 0 Å². The van der Waals surface area contributed by atoms with Crippen molar-refractivity contribution in [1.82, 2.24) is 9.78 Å². The summed E-state index contributed by atoms with van der Waals surface area (Å²) in [5.41, 5.74) is 2.93. The molecule has 106 valence electrons. The van der Waals surface area contributed by atoms with Crippen molar-refractivity contribution in [2.75, 3.05) is 19.0 Å². The molecule has 0 saturated carbocycles. The number of carbonyl (C=O) groups is 1. The summed E-state index contributed by atoms with van der Waals surface area (Å²) < 4.78 is 1.70. The van der Waals surface area contributed by atoms with Crippen LogP contribution in [0.25, 0.3) is 5.69 Å². The molecule has 0 atom stereocenters. The average molecular weight is 273 g/mol. The summed E-state index contributed by atoms with van der Waals surface area (Å²) in [7, 11) is 3.95. The van der Waals surface area contributed by atoms with Gasteiger partial charge in [-0.05, 0) is 30.2 Å². The van der Waals surface area contributed by atoms with Crippen LogP contribution < -0.4 is 4.90 Å². The number of benzene rings is 1. The van der Waals surface area contributed by atoms with E-state index in [0.29, 0.717) is 0 Å². The van der Waals surface area contributed by atoms with Crippen molar-refractivity contribution in [2.24, 2.45) is 0 Å². The van der Waals surface area contributed by atoms with Crippen LogP contribution >= 0.6 is 0 Å². The minimum atomic E-state index is -0.940. The molecule has 1 aromatic heterocycles. The second-order valence-electron chi connectivity index (χ2n) is 5.23. The van der Waals surface area contributed by atoms with Gasteiger partial charge in [-0.3, -0.25) is 0 Å². The van der Waals surface area contributed by atoms with Crippen LogP contribution in [0, 0.1) is 0 Å². The number of anilines is 1. The normalized spacial score (nSPS) is 10.8. The van der Waals surface area contributed by atoms with Crippen LogP contribution in [0.4, 0.5) is 5.69 Å². The van der Waals surface area contributed by atoms with E-state index in [4.69, 9.17) is 0 Å². The third-order valence-electron chi connectivity index (χ3n) is 3.19. The molecule has 0 radical (unpaired) electrons. The van der Waals surface area contributed by atoms with Gasteiger partial charge in [-0.15, -0.1) is 0 Å². The van der Waals surface area contributed by atoms with Gasteiger partial charge in [0.2, 0.25) is 0 Å². The third-order valence-corrected chi connectivity index (χ3v) is 3.19. The molecule has 1 aromatic carbocycles. The van der Waals surface area contributed by atoms with Crippen molar-refractivity contribution in [2.45, 2.75) is 19.8 Å². The van der Waals surface area contributed by atoms with Gasteiger partial charge in [-0.1, -0.05) is 13.8 Å². The topological polar surface area (TPSA) is 58.4 Å². The van der Waals surface area contributed by atoms with Gasteiger partial charge < -0.3 is 10.0 Å². The number of hydrogen-bond acceptors (Lipinski definition) is 3. The molecule has 0 aliphatic rings. The van der Waals surface area contributed by atoms with Crippen molar-refractivity contribution in [3.63, 3.8) is 0 Å². The average Bonchev–Trinajstić information content (AvgIpc) is 2.83. The van der Waals surface area contributed by atoms with E-state index in [1.807, 2.05) is 57.1 Å². The zero-order valence-corrected chi connectivity index (χ0v) is 12.2. The lowest BCUT2D eigenvalue weighted by Gasteiger charge is -2.15. The van der Waals surface area contributed by atoms with Crippen LogP contribution in [0.5, 0.6) is 0 Å². The first kappa shape index (κ1) is 14.1. The molecule has 2 rings (SSSR count). The Labute approximate surface area is 118 Å². The molecular weight excluding hydrogens is 254 g/mol. The van der Waals surface area contributed by atoms with Gasteiger partial charge >= 0.3 is 5.97 Å². The zero-order chi connectivity index (χ0) is 14.9. The van der Waals surface area contributed by atoms with E-state index >= 15 is 0 Å². The van der Waals surface area contributed by atoms with Crippen LogP contribution in [-0.4, -0.2) is 35.0 Å². The summed E-state index contributed by atoms with van der Waals surface area (Å²) in [6, 6.07) is 7.86. The number of hydrogen-bond donors (Lipinski definition) is 1. The molecule has 1 N–H and O–H groups in total. The van der Waals surface area contributed by atoms with Crippen LogP contribution in [0.1, 0.15) is 35.8 Å². The maximum Gasteiger partial charge on any atom is 0.339 e. The van der Waals surface area contributed by atoms with Gasteiger partial charge in [0.1, 0.15) is 5.56 Å². The Morgan fingerprint density at radius 2 is 1.85 bits per heavy atom. The smallest absolute Gasteiger partial charge is 0.339 e. The second-order valence-corrected chi connectivity index (χ2v) is 5.23. The molecule has 0 unspecified atom stereocenters. The minimum Gasteiger partial charge on any atom is -0.478 e. The monoisotopic (exact) mass is 273 g/mol. The van der Waals surface area contributed by atoms with E-state index in [1.165, 1.54) is 6.20 Å². The Hall–Kier alpha value is -2.30. The Bertz CT molecular complexity index is 613. The number of aromatic carboxylic acids is 1. The van der Waals surface area contributed by atoms with Crippen molar-refractivity contribution >= 4 is 11.7 Å². The second kappa shape index (κ2) is 5.36. The van der Waals surface area contributed by atoms with Crippen LogP contribution in [0.15, 0.2) is 30.5 Å². The molecule has 0 fully saturated rings. The van der Waals surface area contributed by atoms with E-state index in [-0.39, 0.29) is 11.5 Å². The molecule has 5 nitrogen and oxygen atoms in total. The first-order valence-electron chi connectivity index (χ1n) is 6.50. The molecule has 20 heavy (non-hydrogen) atoms. The Morgan fingerprint density at radius 1 is 1.25 bits per heavy atom. The predicted octanol–water partition coefficient (Wildman–Crippen LogP) is 2.76. The Balaban J connectivity index is 2.49. The number of carboxylic acids is 1. The number of carboxylic acid groups (broad SMARTS) is 1. The quantitative estimate of drug-likeness (QED) is 0.930. The zero-order valence-electron chi connectivity index (χ0n) is 12.2.